The summed E-state index contributed by atoms with van der Waals surface area (Å²) < 4.78 is 26.5. The lowest BCUT2D eigenvalue weighted by atomic mass is 10.1. The van der Waals surface area contributed by atoms with Gasteiger partial charge in [-0.3, -0.25) is 0 Å². The molecule has 1 atom stereocenters. The van der Waals surface area contributed by atoms with E-state index in [-0.39, 0.29) is 6.04 Å². The fraction of sp³-hybridized carbons (Fsp3) is 0.200. The first-order valence-electron chi connectivity index (χ1n) is 5.95. The number of anilines is 1. The Morgan fingerprint density at radius 1 is 1.11 bits per heavy atom. The summed E-state index contributed by atoms with van der Waals surface area (Å²) in [5.74, 6) is -1.13. The molecule has 1 unspecified atom stereocenters. The van der Waals surface area contributed by atoms with Crippen LogP contribution in [0.2, 0.25) is 5.02 Å². The molecule has 2 aromatic carbocycles. The highest BCUT2D eigenvalue weighted by Crippen LogP contribution is 2.25. The Bertz CT molecular complexity index is 599. The highest BCUT2D eigenvalue weighted by molar-refractivity contribution is 6.31. The van der Waals surface area contributed by atoms with Crippen LogP contribution in [0.3, 0.4) is 0 Å². The van der Waals surface area contributed by atoms with Crippen molar-refractivity contribution >= 4 is 17.3 Å². The van der Waals surface area contributed by atoms with E-state index in [2.05, 4.69) is 5.32 Å². The molecule has 0 aliphatic rings. The average Bonchev–Trinajstić information content (AvgIpc) is 2.33. The van der Waals surface area contributed by atoms with Crippen molar-refractivity contribution in [2.45, 2.75) is 19.9 Å². The van der Waals surface area contributed by atoms with Crippen molar-refractivity contribution in [3.63, 3.8) is 0 Å². The van der Waals surface area contributed by atoms with Gasteiger partial charge >= 0.3 is 0 Å². The van der Waals surface area contributed by atoms with Crippen LogP contribution >= 0.6 is 11.6 Å². The van der Waals surface area contributed by atoms with Crippen LogP contribution in [0.1, 0.15) is 24.1 Å². The van der Waals surface area contributed by atoms with Gasteiger partial charge in [0.15, 0.2) is 0 Å². The third kappa shape index (κ3) is 3.24. The standard InChI is InChI=1S/C15H14ClF2N/c1-9-3-5-12(8-14(9)16)19-10(2)13-6-4-11(17)7-15(13)18/h3-8,10,19H,1-2H3. The van der Waals surface area contributed by atoms with Gasteiger partial charge in [-0.25, -0.2) is 8.78 Å². The van der Waals surface area contributed by atoms with Crippen LogP contribution < -0.4 is 5.32 Å². The molecule has 4 heteroatoms. The molecule has 0 saturated heterocycles. The first-order chi connectivity index (χ1) is 8.97. The lowest BCUT2D eigenvalue weighted by molar-refractivity contribution is 0.566. The van der Waals surface area contributed by atoms with Crippen LogP contribution in [0.5, 0.6) is 0 Å². The SMILES string of the molecule is Cc1ccc(NC(C)c2ccc(F)cc2F)cc1Cl. The molecule has 0 saturated carbocycles. The van der Waals surface area contributed by atoms with E-state index < -0.39 is 11.6 Å². The summed E-state index contributed by atoms with van der Waals surface area (Å²) in [6.07, 6.45) is 0. The smallest absolute Gasteiger partial charge is 0.131 e. The van der Waals surface area contributed by atoms with Gasteiger partial charge in [-0.15, -0.1) is 0 Å². The maximum atomic E-state index is 13.6. The predicted molar refractivity (Wildman–Crippen MR) is 74.6 cm³/mol. The zero-order valence-electron chi connectivity index (χ0n) is 10.7. The monoisotopic (exact) mass is 281 g/mol. The van der Waals surface area contributed by atoms with Crippen molar-refractivity contribution in [3.05, 3.63) is 64.2 Å². The number of aryl methyl sites for hydroxylation is 1. The predicted octanol–water partition coefficient (Wildman–Crippen LogP) is 5.10. The lowest BCUT2D eigenvalue weighted by Gasteiger charge is -2.17. The molecule has 1 N–H and O–H groups in total. The maximum Gasteiger partial charge on any atom is 0.131 e. The molecule has 0 aromatic heterocycles. The molecule has 19 heavy (non-hydrogen) atoms. The molecule has 0 aliphatic carbocycles. The number of hydrogen-bond acceptors (Lipinski definition) is 1. The van der Waals surface area contributed by atoms with E-state index in [0.717, 1.165) is 17.3 Å². The van der Waals surface area contributed by atoms with Gasteiger partial charge in [0.05, 0.1) is 6.04 Å². The van der Waals surface area contributed by atoms with Gasteiger partial charge < -0.3 is 5.32 Å². The van der Waals surface area contributed by atoms with Gasteiger partial charge in [0.2, 0.25) is 0 Å². The van der Waals surface area contributed by atoms with E-state index >= 15 is 0 Å². The lowest BCUT2D eigenvalue weighted by Crippen LogP contribution is -2.08. The summed E-state index contributed by atoms with van der Waals surface area (Å²) in [6.45, 7) is 3.72. The zero-order valence-corrected chi connectivity index (χ0v) is 11.4. The van der Waals surface area contributed by atoms with Crippen LogP contribution in [-0.2, 0) is 0 Å². The number of rotatable bonds is 3. The largest absolute Gasteiger partial charge is 0.378 e. The van der Waals surface area contributed by atoms with Crippen LogP contribution in [0.4, 0.5) is 14.5 Å². The van der Waals surface area contributed by atoms with Crippen molar-refractivity contribution in [1.82, 2.24) is 0 Å². The fourth-order valence-electron chi connectivity index (χ4n) is 1.86. The van der Waals surface area contributed by atoms with E-state index in [0.29, 0.717) is 10.6 Å². The Morgan fingerprint density at radius 2 is 1.84 bits per heavy atom. The third-order valence-corrected chi connectivity index (χ3v) is 3.39. The Kier molecular flexibility index (Phi) is 4.05. The van der Waals surface area contributed by atoms with Crippen molar-refractivity contribution in [3.8, 4) is 0 Å². The topological polar surface area (TPSA) is 12.0 Å². The number of hydrogen-bond donors (Lipinski definition) is 1. The summed E-state index contributed by atoms with van der Waals surface area (Å²) in [5.41, 5.74) is 2.19. The normalized spacial score (nSPS) is 12.3. The van der Waals surface area contributed by atoms with Crippen LogP contribution in [0.15, 0.2) is 36.4 Å². The molecule has 0 spiro atoms. The van der Waals surface area contributed by atoms with Gasteiger partial charge in [-0.1, -0.05) is 23.7 Å². The minimum atomic E-state index is -0.577. The van der Waals surface area contributed by atoms with Gasteiger partial charge in [-0.05, 0) is 37.6 Å². The second-order valence-corrected chi connectivity index (χ2v) is 4.90. The van der Waals surface area contributed by atoms with Gasteiger partial charge in [-0.2, -0.15) is 0 Å². The molecule has 0 fully saturated rings. The summed E-state index contributed by atoms with van der Waals surface area (Å²) >= 11 is 6.03. The average molecular weight is 282 g/mol. The van der Waals surface area contributed by atoms with Gasteiger partial charge in [0.25, 0.3) is 0 Å². The minimum absolute atomic E-state index is 0.278. The fourth-order valence-corrected chi connectivity index (χ4v) is 2.04. The van der Waals surface area contributed by atoms with Crippen molar-refractivity contribution in [1.29, 1.82) is 0 Å². The second kappa shape index (κ2) is 5.57. The molecule has 0 amide bonds. The second-order valence-electron chi connectivity index (χ2n) is 4.50. The van der Waals surface area contributed by atoms with E-state index in [1.165, 1.54) is 12.1 Å². The molecule has 0 aliphatic heterocycles. The summed E-state index contributed by atoms with van der Waals surface area (Å²) in [6, 6.07) is 8.85. The van der Waals surface area contributed by atoms with Crippen molar-refractivity contribution in [2.24, 2.45) is 0 Å². The van der Waals surface area contributed by atoms with Crippen molar-refractivity contribution in [2.75, 3.05) is 5.32 Å². The number of nitrogens with one attached hydrogen (secondary N) is 1. The zero-order chi connectivity index (χ0) is 14.0. The summed E-state index contributed by atoms with van der Waals surface area (Å²) in [5, 5.41) is 3.79. The van der Waals surface area contributed by atoms with E-state index in [1.807, 2.05) is 26.0 Å². The van der Waals surface area contributed by atoms with Gasteiger partial charge in [0, 0.05) is 22.3 Å². The number of halogens is 3. The third-order valence-electron chi connectivity index (χ3n) is 2.98. The van der Waals surface area contributed by atoms with Crippen LogP contribution in [0, 0.1) is 18.6 Å². The molecule has 100 valence electrons. The van der Waals surface area contributed by atoms with Crippen LogP contribution in [-0.4, -0.2) is 0 Å². The molecule has 0 heterocycles. The first-order valence-corrected chi connectivity index (χ1v) is 6.33. The Morgan fingerprint density at radius 3 is 2.47 bits per heavy atom. The summed E-state index contributed by atoms with van der Waals surface area (Å²) in [7, 11) is 0. The number of benzene rings is 2. The summed E-state index contributed by atoms with van der Waals surface area (Å²) in [4.78, 5) is 0. The Hall–Kier alpha value is -1.61. The Balaban J connectivity index is 2.20. The molecular weight excluding hydrogens is 268 g/mol. The first kappa shape index (κ1) is 13.8. The van der Waals surface area contributed by atoms with Gasteiger partial charge in [0.1, 0.15) is 11.6 Å². The minimum Gasteiger partial charge on any atom is -0.378 e. The maximum absolute atomic E-state index is 13.6. The molecule has 0 bridgehead atoms. The molecule has 2 aromatic rings. The molecule has 2 rings (SSSR count). The molecule has 0 radical (unpaired) electrons. The highest BCUT2D eigenvalue weighted by Gasteiger charge is 2.12. The quantitative estimate of drug-likeness (QED) is 0.825. The highest BCUT2D eigenvalue weighted by atomic mass is 35.5. The van der Waals surface area contributed by atoms with Crippen molar-refractivity contribution < 1.29 is 8.78 Å². The van der Waals surface area contributed by atoms with E-state index in [9.17, 15) is 8.78 Å². The van der Waals surface area contributed by atoms with Crippen LogP contribution in [0.25, 0.3) is 0 Å². The van der Waals surface area contributed by atoms with E-state index in [4.69, 9.17) is 11.6 Å². The molecule has 1 nitrogen and oxygen atoms in total. The van der Waals surface area contributed by atoms with E-state index in [1.54, 1.807) is 6.07 Å². The molecular formula is C15H14ClF2N. The Labute approximate surface area is 116 Å².